The third-order valence-corrected chi connectivity index (χ3v) is 4.36. The maximum atomic E-state index is 13.4. The van der Waals surface area contributed by atoms with Crippen molar-refractivity contribution in [3.8, 4) is 11.3 Å². The highest BCUT2D eigenvalue weighted by Crippen LogP contribution is 2.39. The molecule has 2 heterocycles. The van der Waals surface area contributed by atoms with Gasteiger partial charge in [-0.3, -0.25) is 0 Å². The van der Waals surface area contributed by atoms with Gasteiger partial charge in [0.2, 0.25) is 0 Å². The standard InChI is InChI=1S/C19H15F3N2/c1-2-24-11-14(17-10-12-6-3-4-9-16(12)23-17)13-7-5-8-15(18(13)24)19(20,21)22/h3-11,23H,2H2,1H3. The molecule has 5 heteroatoms. The summed E-state index contributed by atoms with van der Waals surface area (Å²) in [6.45, 7) is 2.32. The second-order valence-corrected chi connectivity index (χ2v) is 5.80. The van der Waals surface area contributed by atoms with Gasteiger partial charge in [-0.25, -0.2) is 0 Å². The van der Waals surface area contributed by atoms with E-state index in [1.165, 1.54) is 6.07 Å². The molecule has 0 saturated carbocycles. The Morgan fingerprint density at radius 1 is 1.04 bits per heavy atom. The van der Waals surface area contributed by atoms with Crippen LogP contribution in [0.3, 0.4) is 0 Å². The predicted octanol–water partition coefficient (Wildman–Crippen LogP) is 5.83. The van der Waals surface area contributed by atoms with Crippen molar-refractivity contribution in [2.45, 2.75) is 19.6 Å². The van der Waals surface area contributed by atoms with Gasteiger partial charge in [0.15, 0.2) is 0 Å². The van der Waals surface area contributed by atoms with E-state index in [1.807, 2.05) is 37.3 Å². The van der Waals surface area contributed by atoms with E-state index in [-0.39, 0.29) is 5.52 Å². The number of rotatable bonds is 2. The van der Waals surface area contributed by atoms with Crippen LogP contribution in [0, 0.1) is 0 Å². The minimum atomic E-state index is -4.37. The van der Waals surface area contributed by atoms with Crippen molar-refractivity contribution in [3.05, 3.63) is 60.3 Å². The first kappa shape index (κ1) is 14.9. The average Bonchev–Trinajstić information content (AvgIpc) is 3.14. The van der Waals surface area contributed by atoms with Crippen LogP contribution < -0.4 is 0 Å². The quantitative estimate of drug-likeness (QED) is 0.478. The molecule has 0 unspecified atom stereocenters. The smallest absolute Gasteiger partial charge is 0.354 e. The highest BCUT2D eigenvalue weighted by Gasteiger charge is 2.34. The van der Waals surface area contributed by atoms with Crippen LogP contribution in [-0.4, -0.2) is 9.55 Å². The SMILES string of the molecule is CCn1cc(-c2cc3ccccc3[nH]2)c2cccc(C(F)(F)F)c21. The van der Waals surface area contributed by atoms with E-state index in [2.05, 4.69) is 4.98 Å². The van der Waals surface area contributed by atoms with Crippen molar-refractivity contribution in [2.24, 2.45) is 0 Å². The molecule has 2 nitrogen and oxygen atoms in total. The average molecular weight is 328 g/mol. The Hall–Kier alpha value is -2.69. The van der Waals surface area contributed by atoms with Gasteiger partial charge in [-0.2, -0.15) is 13.2 Å². The number of nitrogens with one attached hydrogen (secondary N) is 1. The van der Waals surface area contributed by atoms with Crippen LogP contribution in [0.25, 0.3) is 33.1 Å². The van der Waals surface area contributed by atoms with Gasteiger partial charge < -0.3 is 9.55 Å². The van der Waals surface area contributed by atoms with Crippen LogP contribution in [-0.2, 0) is 12.7 Å². The monoisotopic (exact) mass is 328 g/mol. The van der Waals surface area contributed by atoms with Crippen LogP contribution in [0.5, 0.6) is 0 Å². The van der Waals surface area contributed by atoms with E-state index >= 15 is 0 Å². The van der Waals surface area contributed by atoms with E-state index in [1.54, 1.807) is 16.8 Å². The molecule has 122 valence electrons. The van der Waals surface area contributed by atoms with Gasteiger partial charge in [-0.05, 0) is 25.1 Å². The van der Waals surface area contributed by atoms with Crippen molar-refractivity contribution >= 4 is 21.8 Å². The van der Waals surface area contributed by atoms with Gasteiger partial charge in [-0.1, -0.05) is 30.3 Å². The minimum absolute atomic E-state index is 0.237. The Kier molecular flexibility index (Phi) is 3.20. The van der Waals surface area contributed by atoms with Crippen LogP contribution in [0.4, 0.5) is 13.2 Å². The summed E-state index contributed by atoms with van der Waals surface area (Å²) in [5.41, 5.74) is 2.23. The Morgan fingerprint density at radius 3 is 2.54 bits per heavy atom. The molecule has 0 aliphatic heterocycles. The summed E-state index contributed by atoms with van der Waals surface area (Å²) in [5.74, 6) is 0. The molecule has 4 aromatic rings. The number of aromatic nitrogens is 2. The Bertz CT molecular complexity index is 1000. The van der Waals surface area contributed by atoms with Crippen molar-refractivity contribution in [2.75, 3.05) is 0 Å². The number of aryl methyl sites for hydroxylation is 1. The van der Waals surface area contributed by atoms with Crippen LogP contribution in [0.15, 0.2) is 54.7 Å². The zero-order chi connectivity index (χ0) is 16.9. The summed E-state index contributed by atoms with van der Waals surface area (Å²) in [4.78, 5) is 3.31. The van der Waals surface area contributed by atoms with E-state index in [9.17, 15) is 13.2 Å². The molecule has 2 aromatic carbocycles. The number of aromatic amines is 1. The number of alkyl halides is 3. The molecule has 0 aliphatic carbocycles. The highest BCUT2D eigenvalue weighted by atomic mass is 19.4. The summed E-state index contributed by atoms with van der Waals surface area (Å²) in [7, 11) is 0. The molecule has 0 bridgehead atoms. The summed E-state index contributed by atoms with van der Waals surface area (Å²) >= 11 is 0. The number of nitrogens with zero attached hydrogens (tertiary/aromatic N) is 1. The first-order valence-corrected chi connectivity index (χ1v) is 7.76. The number of fused-ring (bicyclic) bond motifs is 2. The zero-order valence-electron chi connectivity index (χ0n) is 13.0. The molecule has 0 aliphatic rings. The minimum Gasteiger partial charge on any atom is -0.354 e. The molecular weight excluding hydrogens is 313 g/mol. The first-order valence-electron chi connectivity index (χ1n) is 7.76. The van der Waals surface area contributed by atoms with Crippen LogP contribution >= 0.6 is 0 Å². The van der Waals surface area contributed by atoms with E-state index in [0.29, 0.717) is 11.9 Å². The lowest BCUT2D eigenvalue weighted by Crippen LogP contribution is -2.08. The largest absolute Gasteiger partial charge is 0.418 e. The number of hydrogen-bond acceptors (Lipinski definition) is 0. The molecule has 24 heavy (non-hydrogen) atoms. The zero-order valence-corrected chi connectivity index (χ0v) is 13.0. The number of para-hydroxylation sites is 2. The van der Waals surface area contributed by atoms with Crippen molar-refractivity contribution in [3.63, 3.8) is 0 Å². The number of hydrogen-bond donors (Lipinski definition) is 1. The lowest BCUT2D eigenvalue weighted by Gasteiger charge is -2.10. The Morgan fingerprint density at radius 2 is 1.83 bits per heavy atom. The lowest BCUT2D eigenvalue weighted by molar-refractivity contribution is -0.136. The van der Waals surface area contributed by atoms with Crippen molar-refractivity contribution in [1.29, 1.82) is 0 Å². The van der Waals surface area contributed by atoms with E-state index < -0.39 is 11.7 Å². The third kappa shape index (κ3) is 2.19. The Balaban J connectivity index is 2.03. The first-order chi connectivity index (χ1) is 11.5. The molecule has 2 aromatic heterocycles. The number of H-pyrrole nitrogens is 1. The molecule has 0 spiro atoms. The molecule has 0 amide bonds. The molecule has 1 N–H and O–H groups in total. The van der Waals surface area contributed by atoms with Gasteiger partial charge >= 0.3 is 6.18 Å². The summed E-state index contributed by atoms with van der Waals surface area (Å²) in [6.07, 6.45) is -2.58. The van der Waals surface area contributed by atoms with Crippen LogP contribution in [0.2, 0.25) is 0 Å². The second-order valence-electron chi connectivity index (χ2n) is 5.80. The summed E-state index contributed by atoms with van der Waals surface area (Å²) in [6, 6.07) is 14.1. The van der Waals surface area contributed by atoms with E-state index in [0.717, 1.165) is 28.2 Å². The maximum Gasteiger partial charge on any atom is 0.418 e. The second kappa shape index (κ2) is 5.16. The Labute approximate surface area is 136 Å². The lowest BCUT2D eigenvalue weighted by atomic mass is 10.1. The van der Waals surface area contributed by atoms with Gasteiger partial charge in [0.1, 0.15) is 0 Å². The normalized spacial score (nSPS) is 12.3. The van der Waals surface area contributed by atoms with Gasteiger partial charge in [0.05, 0.1) is 11.1 Å². The van der Waals surface area contributed by atoms with Crippen molar-refractivity contribution < 1.29 is 13.2 Å². The highest BCUT2D eigenvalue weighted by molar-refractivity contribution is 5.99. The number of benzene rings is 2. The fourth-order valence-electron chi connectivity index (χ4n) is 3.27. The van der Waals surface area contributed by atoms with Gasteiger partial charge in [0.25, 0.3) is 0 Å². The van der Waals surface area contributed by atoms with Gasteiger partial charge in [-0.15, -0.1) is 0 Å². The maximum absolute atomic E-state index is 13.4. The summed E-state index contributed by atoms with van der Waals surface area (Å²) < 4.78 is 41.8. The van der Waals surface area contributed by atoms with Crippen LogP contribution in [0.1, 0.15) is 12.5 Å². The fourth-order valence-corrected chi connectivity index (χ4v) is 3.27. The predicted molar refractivity (Wildman–Crippen MR) is 89.9 cm³/mol. The van der Waals surface area contributed by atoms with Gasteiger partial charge in [0, 0.05) is 40.3 Å². The molecule has 4 rings (SSSR count). The summed E-state index contributed by atoms with van der Waals surface area (Å²) in [5, 5.41) is 1.65. The fraction of sp³-hybridized carbons (Fsp3) is 0.158. The molecular formula is C19H15F3N2. The topological polar surface area (TPSA) is 20.7 Å². The molecule has 0 atom stereocenters. The number of halogens is 3. The third-order valence-electron chi connectivity index (χ3n) is 4.36. The molecule has 0 radical (unpaired) electrons. The molecule has 0 saturated heterocycles. The van der Waals surface area contributed by atoms with Crippen molar-refractivity contribution in [1.82, 2.24) is 9.55 Å². The van der Waals surface area contributed by atoms with E-state index in [4.69, 9.17) is 0 Å². The molecule has 0 fully saturated rings.